The third-order valence-electron chi connectivity index (χ3n) is 3.41. The molecule has 0 aliphatic carbocycles. The van der Waals surface area contributed by atoms with Crippen molar-refractivity contribution in [1.29, 1.82) is 0 Å². The van der Waals surface area contributed by atoms with E-state index in [1.54, 1.807) is 30.7 Å². The molecule has 0 fully saturated rings. The molecule has 1 aromatic carbocycles. The van der Waals surface area contributed by atoms with Crippen molar-refractivity contribution < 1.29 is 9.00 Å². The van der Waals surface area contributed by atoms with E-state index in [9.17, 15) is 9.00 Å². The number of halogens is 1. The summed E-state index contributed by atoms with van der Waals surface area (Å²) in [4.78, 5) is 13.8. The van der Waals surface area contributed by atoms with Gasteiger partial charge in [-0.1, -0.05) is 23.7 Å². The number of aromatic nitrogens is 3. The van der Waals surface area contributed by atoms with Gasteiger partial charge in [0, 0.05) is 25.2 Å². The second kappa shape index (κ2) is 7.70. The highest BCUT2D eigenvalue weighted by Gasteiger charge is 2.20. The van der Waals surface area contributed by atoms with E-state index in [1.807, 2.05) is 19.1 Å². The second-order valence-corrected chi connectivity index (χ2v) is 6.92. The first-order valence-corrected chi connectivity index (χ1v) is 8.88. The summed E-state index contributed by atoms with van der Waals surface area (Å²) < 4.78 is 14.1. The van der Waals surface area contributed by atoms with E-state index in [-0.39, 0.29) is 11.7 Å². The maximum atomic E-state index is 12.4. The van der Waals surface area contributed by atoms with Crippen LogP contribution < -0.4 is 0 Å². The fourth-order valence-corrected chi connectivity index (χ4v) is 3.60. The lowest BCUT2D eigenvalue weighted by atomic mass is 10.2. The molecule has 0 bridgehead atoms. The lowest BCUT2D eigenvalue weighted by molar-refractivity contribution is -0.127. The first kappa shape index (κ1) is 17.6. The minimum atomic E-state index is -1.51. The van der Waals surface area contributed by atoms with E-state index in [0.29, 0.717) is 29.1 Å². The van der Waals surface area contributed by atoms with Gasteiger partial charge in [-0.05, 0) is 31.5 Å². The normalized spacial score (nSPS) is 12.2. The zero-order valence-corrected chi connectivity index (χ0v) is 14.9. The Bertz CT molecular complexity index is 732. The van der Waals surface area contributed by atoms with Gasteiger partial charge in [0.1, 0.15) is 22.4 Å². The molecule has 0 saturated heterocycles. The van der Waals surface area contributed by atoms with Crippen molar-refractivity contribution in [3.05, 3.63) is 40.7 Å². The molecule has 0 aliphatic rings. The number of carbonyl (C=O) groups excluding carboxylic acids is 1. The van der Waals surface area contributed by atoms with Crippen LogP contribution in [0.25, 0.3) is 0 Å². The summed E-state index contributed by atoms with van der Waals surface area (Å²) in [6, 6.07) is 7.31. The highest BCUT2D eigenvalue weighted by atomic mass is 35.5. The highest BCUT2D eigenvalue weighted by Crippen LogP contribution is 2.13. The molecule has 8 heteroatoms. The van der Waals surface area contributed by atoms with Crippen LogP contribution in [0.15, 0.2) is 29.4 Å². The quantitative estimate of drug-likeness (QED) is 0.796. The number of aryl methyl sites for hydroxylation is 1. The third-order valence-corrected chi connectivity index (χ3v) is 4.86. The molecule has 1 amide bonds. The Balaban J connectivity index is 2.01. The molecule has 2 aromatic rings. The zero-order chi connectivity index (χ0) is 17.0. The molecule has 2 rings (SSSR count). The summed E-state index contributed by atoms with van der Waals surface area (Å²) in [5.74, 6) is 0.358. The van der Waals surface area contributed by atoms with Crippen molar-refractivity contribution in [3.63, 3.8) is 0 Å². The molecule has 0 unspecified atom stereocenters. The van der Waals surface area contributed by atoms with Crippen LogP contribution in [0.1, 0.15) is 18.3 Å². The molecular formula is C15H19ClN4O2S. The van der Waals surface area contributed by atoms with Crippen LogP contribution >= 0.6 is 11.6 Å². The molecule has 1 aromatic heterocycles. The van der Waals surface area contributed by atoms with E-state index in [4.69, 9.17) is 11.6 Å². The topological polar surface area (TPSA) is 68.1 Å². The Kier molecular flexibility index (Phi) is 5.90. The van der Waals surface area contributed by atoms with Gasteiger partial charge in [-0.3, -0.25) is 9.00 Å². The van der Waals surface area contributed by atoms with Crippen LogP contribution in [0.4, 0.5) is 0 Å². The molecule has 0 aliphatic heterocycles. The molecule has 0 spiro atoms. The molecular weight excluding hydrogens is 336 g/mol. The lowest BCUT2D eigenvalue weighted by Crippen LogP contribution is -2.31. The molecule has 0 radical (unpaired) electrons. The number of hydrogen-bond donors (Lipinski definition) is 0. The van der Waals surface area contributed by atoms with Crippen molar-refractivity contribution in [2.75, 3.05) is 12.8 Å². The Morgan fingerprint density at radius 1 is 1.39 bits per heavy atom. The van der Waals surface area contributed by atoms with E-state index in [1.165, 1.54) is 4.90 Å². The predicted molar refractivity (Wildman–Crippen MR) is 89.6 cm³/mol. The standard InChI is InChI=1S/C15H19ClN4O2S/c1-4-20-11(2)17-18-15(20)23(22)10-14(21)19(3)9-12-6-5-7-13(16)8-12/h5-8H,4,9-10H2,1-3H3/t23-/m0/s1. The van der Waals surface area contributed by atoms with E-state index >= 15 is 0 Å². The third kappa shape index (κ3) is 4.39. The Hall–Kier alpha value is -1.73. The summed E-state index contributed by atoms with van der Waals surface area (Å²) in [7, 11) is 0.162. The number of carbonyl (C=O) groups is 1. The average molecular weight is 355 g/mol. The van der Waals surface area contributed by atoms with Gasteiger partial charge in [0.15, 0.2) is 0 Å². The summed E-state index contributed by atoms with van der Waals surface area (Å²) in [6.45, 7) is 4.75. The van der Waals surface area contributed by atoms with E-state index in [0.717, 1.165) is 5.56 Å². The maximum absolute atomic E-state index is 12.4. The smallest absolute Gasteiger partial charge is 0.235 e. The van der Waals surface area contributed by atoms with Gasteiger partial charge in [-0.2, -0.15) is 0 Å². The van der Waals surface area contributed by atoms with Crippen molar-refractivity contribution in [2.45, 2.75) is 32.1 Å². The lowest BCUT2D eigenvalue weighted by Gasteiger charge is -2.17. The number of amides is 1. The fourth-order valence-electron chi connectivity index (χ4n) is 2.18. The van der Waals surface area contributed by atoms with Gasteiger partial charge in [0.2, 0.25) is 11.1 Å². The minimum Gasteiger partial charge on any atom is -0.341 e. The van der Waals surface area contributed by atoms with Gasteiger partial charge in [0.25, 0.3) is 0 Å². The number of rotatable bonds is 6. The molecule has 6 nitrogen and oxygen atoms in total. The number of benzene rings is 1. The summed E-state index contributed by atoms with van der Waals surface area (Å²) in [5, 5.41) is 8.80. The molecule has 1 atom stereocenters. The predicted octanol–water partition coefficient (Wildman–Crippen LogP) is 2.03. The number of hydrogen-bond acceptors (Lipinski definition) is 4. The van der Waals surface area contributed by atoms with E-state index < -0.39 is 10.8 Å². The van der Waals surface area contributed by atoms with Crippen LogP contribution in [-0.2, 0) is 28.7 Å². The number of nitrogens with zero attached hydrogens (tertiary/aromatic N) is 4. The largest absolute Gasteiger partial charge is 0.341 e. The van der Waals surface area contributed by atoms with Crippen LogP contribution in [0.3, 0.4) is 0 Å². The van der Waals surface area contributed by atoms with Crippen molar-refractivity contribution in [1.82, 2.24) is 19.7 Å². The van der Waals surface area contributed by atoms with E-state index in [2.05, 4.69) is 10.2 Å². The minimum absolute atomic E-state index is 0.116. The van der Waals surface area contributed by atoms with Gasteiger partial charge in [0.05, 0.1) is 0 Å². The van der Waals surface area contributed by atoms with Crippen LogP contribution in [0.5, 0.6) is 0 Å². The molecule has 124 valence electrons. The van der Waals surface area contributed by atoms with Crippen LogP contribution in [0.2, 0.25) is 5.02 Å². The fraction of sp³-hybridized carbons (Fsp3) is 0.400. The maximum Gasteiger partial charge on any atom is 0.235 e. The monoisotopic (exact) mass is 354 g/mol. The Morgan fingerprint density at radius 2 is 2.13 bits per heavy atom. The molecule has 23 heavy (non-hydrogen) atoms. The van der Waals surface area contributed by atoms with Crippen molar-refractivity contribution >= 4 is 28.3 Å². The first-order chi connectivity index (χ1) is 10.9. The Labute approximate surface area is 142 Å². The average Bonchev–Trinajstić information content (AvgIpc) is 2.88. The SMILES string of the molecule is CCn1c(C)nnc1[S@@](=O)CC(=O)N(C)Cc1cccc(Cl)c1. The van der Waals surface area contributed by atoms with Crippen molar-refractivity contribution in [2.24, 2.45) is 0 Å². The zero-order valence-electron chi connectivity index (χ0n) is 13.3. The molecule has 0 saturated carbocycles. The summed E-state index contributed by atoms with van der Waals surface area (Å²) >= 11 is 5.94. The highest BCUT2D eigenvalue weighted by molar-refractivity contribution is 7.85. The van der Waals surface area contributed by atoms with Gasteiger partial charge >= 0.3 is 0 Å². The summed E-state index contributed by atoms with van der Waals surface area (Å²) in [5.41, 5.74) is 0.923. The van der Waals surface area contributed by atoms with Crippen LogP contribution in [0, 0.1) is 6.92 Å². The molecule has 0 N–H and O–H groups in total. The Morgan fingerprint density at radius 3 is 2.78 bits per heavy atom. The van der Waals surface area contributed by atoms with Crippen molar-refractivity contribution in [3.8, 4) is 0 Å². The van der Waals surface area contributed by atoms with Crippen LogP contribution in [-0.4, -0.2) is 42.6 Å². The van der Waals surface area contributed by atoms with Gasteiger partial charge in [-0.15, -0.1) is 10.2 Å². The summed E-state index contributed by atoms with van der Waals surface area (Å²) in [6.07, 6.45) is 0. The molecule has 1 heterocycles. The first-order valence-electron chi connectivity index (χ1n) is 7.19. The van der Waals surface area contributed by atoms with Gasteiger partial charge < -0.3 is 9.47 Å². The second-order valence-electron chi connectivity index (χ2n) is 5.14. The van der Waals surface area contributed by atoms with Gasteiger partial charge in [-0.25, -0.2) is 0 Å².